The zero-order valence-corrected chi connectivity index (χ0v) is 17.3. The highest BCUT2D eigenvalue weighted by Crippen LogP contribution is 2.32. The molecular formula is C23H26F2N2O4. The number of likely N-dealkylation sites (tertiary alicyclic amines) is 1. The van der Waals surface area contributed by atoms with E-state index in [1.54, 1.807) is 24.0 Å². The lowest BCUT2D eigenvalue weighted by molar-refractivity contribution is -0.138. The summed E-state index contributed by atoms with van der Waals surface area (Å²) in [4.78, 5) is 25.6. The Morgan fingerprint density at radius 2 is 1.87 bits per heavy atom. The molecule has 1 heterocycles. The predicted molar refractivity (Wildman–Crippen MR) is 111 cm³/mol. The van der Waals surface area contributed by atoms with E-state index in [0.717, 1.165) is 0 Å². The lowest BCUT2D eigenvalue weighted by atomic mass is 9.97. The van der Waals surface area contributed by atoms with Crippen LogP contribution in [0.2, 0.25) is 0 Å². The number of rotatable bonds is 8. The van der Waals surface area contributed by atoms with Crippen molar-refractivity contribution in [2.45, 2.75) is 37.8 Å². The Morgan fingerprint density at radius 3 is 2.52 bits per heavy atom. The van der Waals surface area contributed by atoms with Crippen molar-refractivity contribution in [3.8, 4) is 5.75 Å². The van der Waals surface area contributed by atoms with Gasteiger partial charge in [0.15, 0.2) is 0 Å². The normalized spacial score (nSPS) is 19.4. The van der Waals surface area contributed by atoms with Gasteiger partial charge in [-0.15, -0.1) is 0 Å². The number of alkyl halides is 2. The fourth-order valence-corrected chi connectivity index (χ4v) is 3.61. The van der Waals surface area contributed by atoms with E-state index < -0.39 is 36.3 Å². The van der Waals surface area contributed by atoms with Crippen molar-refractivity contribution in [2.75, 3.05) is 19.7 Å². The molecule has 1 fully saturated rings. The molecule has 2 aromatic carbocycles. The number of carbonyl (C=O) groups excluding carboxylic acids is 1. The van der Waals surface area contributed by atoms with E-state index in [4.69, 9.17) is 9.84 Å². The minimum atomic E-state index is -2.90. The van der Waals surface area contributed by atoms with Crippen molar-refractivity contribution >= 4 is 11.9 Å². The SMILES string of the molecule is C[C@H](NC(=O)[C@@H]1CC(F)(F)CCN1CCOc1ccccc1)c1ccc(C(=O)O)cc1. The molecule has 2 aromatic rings. The maximum absolute atomic E-state index is 14.1. The van der Waals surface area contributed by atoms with E-state index >= 15 is 0 Å². The van der Waals surface area contributed by atoms with E-state index in [-0.39, 0.29) is 25.1 Å². The Balaban J connectivity index is 1.62. The summed E-state index contributed by atoms with van der Waals surface area (Å²) < 4.78 is 33.8. The molecule has 0 aromatic heterocycles. The van der Waals surface area contributed by atoms with Crippen LogP contribution in [0.4, 0.5) is 8.78 Å². The number of nitrogens with one attached hydrogen (secondary N) is 1. The van der Waals surface area contributed by atoms with Gasteiger partial charge >= 0.3 is 5.97 Å². The average Bonchev–Trinajstić information content (AvgIpc) is 2.75. The van der Waals surface area contributed by atoms with E-state index in [9.17, 15) is 18.4 Å². The molecule has 0 bridgehead atoms. The Kier molecular flexibility index (Phi) is 7.22. The fraction of sp³-hybridized carbons (Fsp3) is 0.391. The van der Waals surface area contributed by atoms with Crippen LogP contribution < -0.4 is 10.1 Å². The van der Waals surface area contributed by atoms with Gasteiger partial charge in [-0.05, 0) is 36.8 Å². The third kappa shape index (κ3) is 6.24. The first-order valence-electron chi connectivity index (χ1n) is 10.2. The number of benzene rings is 2. The topological polar surface area (TPSA) is 78.9 Å². The van der Waals surface area contributed by atoms with Gasteiger partial charge in [0.2, 0.25) is 5.91 Å². The van der Waals surface area contributed by atoms with Crippen LogP contribution in [0.1, 0.15) is 41.7 Å². The van der Waals surface area contributed by atoms with Crippen LogP contribution in [0.5, 0.6) is 5.75 Å². The van der Waals surface area contributed by atoms with E-state index in [2.05, 4.69) is 5.32 Å². The van der Waals surface area contributed by atoms with Gasteiger partial charge in [-0.2, -0.15) is 0 Å². The Bertz CT molecular complexity index is 890. The summed E-state index contributed by atoms with van der Waals surface area (Å²) in [5, 5.41) is 11.8. The van der Waals surface area contributed by atoms with Crippen molar-refractivity contribution in [1.82, 2.24) is 10.2 Å². The standard InChI is InChI=1S/C23H26F2N2O4/c1-16(17-7-9-18(10-8-17)22(29)30)26-21(28)20-15-23(24,25)11-12-27(20)13-14-31-19-5-3-2-4-6-19/h2-10,16,20H,11-15H2,1H3,(H,26,28)(H,29,30)/t16-,20-/m0/s1. The van der Waals surface area contributed by atoms with E-state index in [1.165, 1.54) is 12.1 Å². The second-order valence-corrected chi connectivity index (χ2v) is 7.68. The monoisotopic (exact) mass is 432 g/mol. The number of halogens is 2. The molecule has 1 saturated heterocycles. The molecule has 2 atom stereocenters. The molecule has 1 amide bonds. The summed E-state index contributed by atoms with van der Waals surface area (Å²) in [5.41, 5.74) is 0.832. The maximum Gasteiger partial charge on any atom is 0.335 e. The number of hydrogen-bond acceptors (Lipinski definition) is 4. The van der Waals surface area contributed by atoms with Crippen LogP contribution in [0, 0.1) is 0 Å². The molecule has 0 spiro atoms. The molecule has 0 unspecified atom stereocenters. The summed E-state index contributed by atoms with van der Waals surface area (Å²) in [6.07, 6.45) is -0.844. The molecule has 3 rings (SSSR count). The number of carboxylic acid groups (broad SMARTS) is 1. The van der Waals surface area contributed by atoms with Gasteiger partial charge in [0.05, 0.1) is 17.6 Å². The molecule has 31 heavy (non-hydrogen) atoms. The van der Waals surface area contributed by atoms with Crippen LogP contribution in [0.3, 0.4) is 0 Å². The fourth-order valence-electron chi connectivity index (χ4n) is 3.61. The van der Waals surface area contributed by atoms with E-state index in [1.807, 2.05) is 30.3 Å². The van der Waals surface area contributed by atoms with Crippen LogP contribution in [-0.2, 0) is 4.79 Å². The van der Waals surface area contributed by atoms with Gasteiger partial charge in [-0.25, -0.2) is 13.6 Å². The first kappa shape index (κ1) is 22.7. The van der Waals surface area contributed by atoms with Crippen molar-refractivity contribution < 1.29 is 28.2 Å². The summed E-state index contributed by atoms with van der Waals surface area (Å²) in [6.45, 7) is 2.47. The second-order valence-electron chi connectivity index (χ2n) is 7.68. The summed E-state index contributed by atoms with van der Waals surface area (Å²) >= 11 is 0. The van der Waals surface area contributed by atoms with Gasteiger partial charge in [0.25, 0.3) is 5.92 Å². The zero-order chi connectivity index (χ0) is 22.4. The third-order valence-corrected chi connectivity index (χ3v) is 5.41. The van der Waals surface area contributed by atoms with Gasteiger partial charge < -0.3 is 15.2 Å². The van der Waals surface area contributed by atoms with Crippen LogP contribution >= 0.6 is 0 Å². The number of para-hydroxylation sites is 1. The summed E-state index contributed by atoms with van der Waals surface area (Å²) in [7, 11) is 0. The van der Waals surface area contributed by atoms with Gasteiger partial charge in [0, 0.05) is 25.9 Å². The summed E-state index contributed by atoms with van der Waals surface area (Å²) in [5.74, 6) is -3.73. The maximum atomic E-state index is 14.1. The first-order chi connectivity index (χ1) is 14.7. The molecule has 1 aliphatic heterocycles. The molecule has 0 saturated carbocycles. The second kappa shape index (κ2) is 9.87. The highest BCUT2D eigenvalue weighted by atomic mass is 19.3. The summed E-state index contributed by atoms with van der Waals surface area (Å²) in [6, 6.07) is 13.9. The number of carboxylic acids is 1. The molecule has 2 N–H and O–H groups in total. The number of amides is 1. The molecule has 8 heteroatoms. The van der Waals surface area contributed by atoms with Crippen molar-refractivity contribution in [3.05, 3.63) is 65.7 Å². The van der Waals surface area contributed by atoms with Gasteiger partial charge in [0.1, 0.15) is 12.4 Å². The van der Waals surface area contributed by atoms with Crippen LogP contribution in [0.25, 0.3) is 0 Å². The Labute approximate surface area is 179 Å². The highest BCUT2D eigenvalue weighted by molar-refractivity contribution is 5.87. The zero-order valence-electron chi connectivity index (χ0n) is 17.3. The third-order valence-electron chi connectivity index (χ3n) is 5.41. The van der Waals surface area contributed by atoms with Crippen molar-refractivity contribution in [3.63, 3.8) is 0 Å². The minimum Gasteiger partial charge on any atom is -0.492 e. The van der Waals surface area contributed by atoms with Gasteiger partial charge in [-0.3, -0.25) is 9.69 Å². The van der Waals surface area contributed by atoms with Crippen molar-refractivity contribution in [2.24, 2.45) is 0 Å². The first-order valence-corrected chi connectivity index (χ1v) is 10.2. The average molecular weight is 432 g/mol. The number of carbonyl (C=O) groups is 2. The van der Waals surface area contributed by atoms with Crippen LogP contribution in [-0.4, -0.2) is 53.5 Å². The van der Waals surface area contributed by atoms with Crippen LogP contribution in [0.15, 0.2) is 54.6 Å². The molecular weight excluding hydrogens is 406 g/mol. The number of aromatic carboxylic acids is 1. The molecule has 1 aliphatic rings. The molecule has 0 radical (unpaired) electrons. The van der Waals surface area contributed by atoms with Crippen molar-refractivity contribution in [1.29, 1.82) is 0 Å². The number of hydrogen-bond donors (Lipinski definition) is 2. The van der Waals surface area contributed by atoms with E-state index in [0.29, 0.717) is 17.9 Å². The predicted octanol–water partition coefficient (Wildman–Crippen LogP) is 3.74. The smallest absolute Gasteiger partial charge is 0.335 e. The van der Waals surface area contributed by atoms with Gasteiger partial charge in [-0.1, -0.05) is 30.3 Å². The molecule has 6 nitrogen and oxygen atoms in total. The lowest BCUT2D eigenvalue weighted by Gasteiger charge is -2.38. The highest BCUT2D eigenvalue weighted by Gasteiger charge is 2.43. The Morgan fingerprint density at radius 1 is 1.19 bits per heavy atom. The largest absolute Gasteiger partial charge is 0.492 e. The Hall–Kier alpha value is -3.00. The number of ether oxygens (including phenoxy) is 1. The quantitative estimate of drug-likeness (QED) is 0.665. The number of nitrogens with zero attached hydrogens (tertiary/aromatic N) is 1. The lowest BCUT2D eigenvalue weighted by Crippen LogP contribution is -2.55. The molecule has 0 aliphatic carbocycles. The minimum absolute atomic E-state index is 0.102. The molecule has 166 valence electrons. The number of piperidine rings is 1.